The van der Waals surface area contributed by atoms with Crippen LogP contribution in [0.4, 0.5) is 5.69 Å². The van der Waals surface area contributed by atoms with Crippen LogP contribution in [0.2, 0.25) is 0 Å². The first-order chi connectivity index (χ1) is 11.9. The predicted molar refractivity (Wildman–Crippen MR) is 87.7 cm³/mol. The van der Waals surface area contributed by atoms with Gasteiger partial charge in [-0.1, -0.05) is 18.2 Å². The maximum absolute atomic E-state index is 12.3. The monoisotopic (exact) mass is 344 g/mol. The number of imide groups is 1. The van der Waals surface area contributed by atoms with E-state index >= 15 is 0 Å². The van der Waals surface area contributed by atoms with Crippen LogP contribution in [0.15, 0.2) is 33.5 Å². The average molecular weight is 344 g/mol. The van der Waals surface area contributed by atoms with Crippen LogP contribution in [0, 0.1) is 0 Å². The summed E-state index contributed by atoms with van der Waals surface area (Å²) in [6.07, 6.45) is -0.240. The Balaban J connectivity index is 1.98. The Morgan fingerprint density at radius 3 is 2.44 bits per heavy atom. The number of hydrogen-bond acceptors (Lipinski definition) is 7. The van der Waals surface area contributed by atoms with E-state index in [4.69, 9.17) is 9.25 Å². The van der Waals surface area contributed by atoms with Crippen molar-refractivity contribution in [2.24, 2.45) is 0 Å². The molecule has 0 aliphatic carbocycles. The molecule has 0 radical (unpaired) electrons. The van der Waals surface area contributed by atoms with Gasteiger partial charge < -0.3 is 14.2 Å². The third kappa shape index (κ3) is 3.10. The van der Waals surface area contributed by atoms with Crippen LogP contribution in [0.3, 0.4) is 0 Å². The highest BCUT2D eigenvalue weighted by molar-refractivity contribution is 6.01. The molecule has 0 spiro atoms. The van der Waals surface area contributed by atoms with Crippen molar-refractivity contribution in [2.45, 2.75) is 19.3 Å². The van der Waals surface area contributed by atoms with E-state index in [1.807, 2.05) is 0 Å². The molecule has 1 aliphatic heterocycles. The van der Waals surface area contributed by atoms with E-state index in [0.717, 1.165) is 0 Å². The molecule has 8 heteroatoms. The lowest BCUT2D eigenvalue weighted by molar-refractivity contribution is -0.196. The standard InChI is InChI=1S/C17H16N2O6/c1-18(2)16-11(10-5-3-4-6-12(10)24-17(16)23)9-15(22)25-19-13(20)7-8-14(19)21/h3-6H,7-9H2,1-2H3. The maximum Gasteiger partial charge on any atom is 0.360 e. The van der Waals surface area contributed by atoms with Crippen LogP contribution in [0.5, 0.6) is 0 Å². The molecule has 8 nitrogen and oxygen atoms in total. The van der Waals surface area contributed by atoms with Gasteiger partial charge in [-0.2, -0.15) is 0 Å². The van der Waals surface area contributed by atoms with Gasteiger partial charge in [-0.25, -0.2) is 9.59 Å². The summed E-state index contributed by atoms with van der Waals surface area (Å²) in [7, 11) is 3.31. The number of hydroxylamine groups is 2. The Bertz CT molecular complexity index is 914. The van der Waals surface area contributed by atoms with Crippen LogP contribution in [-0.2, 0) is 25.6 Å². The van der Waals surface area contributed by atoms with Gasteiger partial charge in [0.1, 0.15) is 11.3 Å². The van der Waals surface area contributed by atoms with Crippen LogP contribution in [0.25, 0.3) is 11.0 Å². The summed E-state index contributed by atoms with van der Waals surface area (Å²) < 4.78 is 5.28. The van der Waals surface area contributed by atoms with Gasteiger partial charge in [-0.3, -0.25) is 9.59 Å². The second-order valence-electron chi connectivity index (χ2n) is 5.83. The molecule has 1 aliphatic rings. The zero-order valence-corrected chi connectivity index (χ0v) is 13.8. The van der Waals surface area contributed by atoms with E-state index in [1.165, 1.54) is 0 Å². The largest absolute Gasteiger partial charge is 0.421 e. The highest BCUT2D eigenvalue weighted by Gasteiger charge is 2.33. The Morgan fingerprint density at radius 2 is 1.80 bits per heavy atom. The fourth-order valence-corrected chi connectivity index (χ4v) is 2.77. The van der Waals surface area contributed by atoms with E-state index < -0.39 is 23.4 Å². The fraction of sp³-hybridized carbons (Fsp3) is 0.294. The topological polar surface area (TPSA) is 97.1 Å². The van der Waals surface area contributed by atoms with Crippen molar-refractivity contribution in [3.63, 3.8) is 0 Å². The normalized spacial score (nSPS) is 14.2. The number of anilines is 1. The van der Waals surface area contributed by atoms with Crippen LogP contribution >= 0.6 is 0 Å². The number of hydrogen-bond donors (Lipinski definition) is 0. The zero-order chi connectivity index (χ0) is 18.1. The SMILES string of the molecule is CN(C)c1c(CC(=O)ON2C(=O)CCC2=O)c2ccccc2oc1=O. The Kier molecular flexibility index (Phi) is 4.26. The molecule has 2 aromatic rings. The number of amides is 2. The minimum atomic E-state index is -0.803. The van der Waals surface area contributed by atoms with Gasteiger partial charge in [0.15, 0.2) is 0 Å². The summed E-state index contributed by atoms with van der Waals surface area (Å²) in [6, 6.07) is 6.81. The van der Waals surface area contributed by atoms with Crippen molar-refractivity contribution in [3.8, 4) is 0 Å². The first-order valence-electron chi connectivity index (χ1n) is 7.67. The summed E-state index contributed by atoms with van der Waals surface area (Å²) in [5.74, 6) is -1.91. The van der Waals surface area contributed by atoms with Gasteiger partial charge >= 0.3 is 11.6 Å². The second kappa shape index (κ2) is 6.39. The molecular weight excluding hydrogens is 328 g/mol. The van der Waals surface area contributed by atoms with Crippen LogP contribution in [0.1, 0.15) is 18.4 Å². The molecule has 0 saturated carbocycles. The summed E-state index contributed by atoms with van der Waals surface area (Å²) in [6.45, 7) is 0. The number of fused-ring (bicyclic) bond motifs is 1. The molecule has 3 rings (SSSR count). The molecule has 1 aromatic heterocycles. The number of carbonyl (C=O) groups excluding carboxylic acids is 3. The summed E-state index contributed by atoms with van der Waals surface area (Å²) in [5.41, 5.74) is 0.393. The van der Waals surface area contributed by atoms with E-state index in [-0.39, 0.29) is 24.9 Å². The minimum Gasteiger partial charge on any atom is -0.421 e. The summed E-state index contributed by atoms with van der Waals surface area (Å²) >= 11 is 0. The second-order valence-corrected chi connectivity index (χ2v) is 5.83. The van der Waals surface area contributed by atoms with E-state index in [2.05, 4.69) is 0 Å². The van der Waals surface area contributed by atoms with Gasteiger partial charge in [-0.15, -0.1) is 5.06 Å². The van der Waals surface area contributed by atoms with Gasteiger partial charge in [-0.05, 0) is 6.07 Å². The lowest BCUT2D eigenvalue weighted by Gasteiger charge is -2.18. The number of para-hydroxylation sites is 1. The Labute approximate surface area is 142 Å². The van der Waals surface area contributed by atoms with Gasteiger partial charge in [0.25, 0.3) is 11.8 Å². The summed E-state index contributed by atoms with van der Waals surface area (Å²) in [4.78, 5) is 54.1. The van der Waals surface area contributed by atoms with Crippen molar-refractivity contribution in [1.82, 2.24) is 5.06 Å². The van der Waals surface area contributed by atoms with Crippen molar-refractivity contribution in [3.05, 3.63) is 40.2 Å². The van der Waals surface area contributed by atoms with Crippen molar-refractivity contribution >= 4 is 34.4 Å². The van der Waals surface area contributed by atoms with Crippen molar-refractivity contribution < 1.29 is 23.6 Å². The third-order valence-corrected chi connectivity index (χ3v) is 3.86. The van der Waals surface area contributed by atoms with Crippen LogP contribution < -0.4 is 10.5 Å². The van der Waals surface area contributed by atoms with E-state index in [1.54, 1.807) is 43.3 Å². The lowest BCUT2D eigenvalue weighted by Crippen LogP contribution is -2.33. The molecule has 2 amide bonds. The molecule has 25 heavy (non-hydrogen) atoms. The molecule has 130 valence electrons. The smallest absolute Gasteiger partial charge is 0.360 e. The first kappa shape index (κ1) is 16.7. The van der Waals surface area contributed by atoms with Gasteiger partial charge in [0.05, 0.1) is 6.42 Å². The predicted octanol–water partition coefficient (Wildman–Crippen LogP) is 1.01. The number of carbonyl (C=O) groups is 3. The molecule has 2 heterocycles. The third-order valence-electron chi connectivity index (χ3n) is 3.86. The fourth-order valence-electron chi connectivity index (χ4n) is 2.77. The lowest BCUT2D eigenvalue weighted by atomic mass is 10.0. The van der Waals surface area contributed by atoms with Crippen molar-refractivity contribution in [2.75, 3.05) is 19.0 Å². The van der Waals surface area contributed by atoms with Crippen LogP contribution in [-0.4, -0.2) is 36.9 Å². The minimum absolute atomic E-state index is 0.0208. The number of rotatable bonds is 4. The average Bonchev–Trinajstić information content (AvgIpc) is 2.86. The Hall–Kier alpha value is -3.16. The van der Waals surface area contributed by atoms with Gasteiger partial charge in [0, 0.05) is 37.9 Å². The zero-order valence-electron chi connectivity index (χ0n) is 13.8. The van der Waals surface area contributed by atoms with Gasteiger partial charge in [0.2, 0.25) is 0 Å². The molecule has 0 atom stereocenters. The molecule has 1 saturated heterocycles. The highest BCUT2D eigenvalue weighted by Crippen LogP contribution is 2.26. The Morgan fingerprint density at radius 1 is 1.16 bits per heavy atom. The molecule has 1 fully saturated rings. The maximum atomic E-state index is 12.3. The highest BCUT2D eigenvalue weighted by atomic mass is 16.7. The summed E-state index contributed by atoms with van der Waals surface area (Å²) in [5, 5.41) is 1.08. The quantitative estimate of drug-likeness (QED) is 0.603. The molecule has 0 unspecified atom stereocenters. The van der Waals surface area contributed by atoms with Crippen molar-refractivity contribution in [1.29, 1.82) is 0 Å². The molecule has 1 aromatic carbocycles. The first-order valence-corrected chi connectivity index (χ1v) is 7.67. The van der Waals surface area contributed by atoms with E-state index in [0.29, 0.717) is 21.6 Å². The number of benzene rings is 1. The molecule has 0 bridgehead atoms. The number of nitrogens with zero attached hydrogens (tertiary/aromatic N) is 2. The molecule has 0 N–H and O–H groups in total. The van der Waals surface area contributed by atoms with E-state index in [9.17, 15) is 19.2 Å². The molecular formula is C17H16N2O6.